The fourth-order valence-corrected chi connectivity index (χ4v) is 2.32. The van der Waals surface area contributed by atoms with E-state index in [-0.39, 0.29) is 19.1 Å². The Balaban J connectivity index is 1.86. The van der Waals surface area contributed by atoms with Gasteiger partial charge >= 0.3 is 5.97 Å². The second-order valence-corrected chi connectivity index (χ2v) is 6.07. The summed E-state index contributed by atoms with van der Waals surface area (Å²) in [4.78, 5) is 24.1. The zero-order valence-corrected chi connectivity index (χ0v) is 16.0. The first-order valence-corrected chi connectivity index (χ1v) is 8.91. The molecule has 144 valence electrons. The third-order valence-corrected chi connectivity index (χ3v) is 3.97. The average molecular weight is 392 g/mol. The Labute approximate surface area is 163 Å². The summed E-state index contributed by atoms with van der Waals surface area (Å²) in [6.45, 7) is 4.65. The lowest BCUT2D eigenvalue weighted by Crippen LogP contribution is -2.20. The number of benzene rings is 2. The number of hydrogen-bond acceptors (Lipinski definition) is 5. The van der Waals surface area contributed by atoms with Crippen LogP contribution in [0.4, 0.5) is 5.69 Å². The molecule has 6 nitrogen and oxygen atoms in total. The first-order chi connectivity index (χ1) is 13.0. The Bertz CT molecular complexity index is 794. The highest BCUT2D eigenvalue weighted by Crippen LogP contribution is 2.21. The average Bonchev–Trinajstić information content (AvgIpc) is 2.66. The summed E-state index contributed by atoms with van der Waals surface area (Å²) in [5.41, 5.74) is 1.69. The molecule has 0 saturated carbocycles. The summed E-state index contributed by atoms with van der Waals surface area (Å²) in [6.07, 6.45) is 0. The smallest absolute Gasteiger partial charge is 0.338 e. The fourth-order valence-electron chi connectivity index (χ4n) is 2.20. The second kappa shape index (κ2) is 10.5. The molecule has 0 heterocycles. The molecule has 2 aromatic carbocycles. The SMILES string of the molecule is CCOCCOC(=O)c1cccc(NC(=O)COc2ccc(Cl)c(C)c2)c1. The van der Waals surface area contributed by atoms with Crippen LogP contribution >= 0.6 is 11.6 Å². The summed E-state index contributed by atoms with van der Waals surface area (Å²) >= 11 is 5.96. The molecule has 0 aromatic heterocycles. The minimum absolute atomic E-state index is 0.163. The van der Waals surface area contributed by atoms with E-state index in [0.717, 1.165) is 5.56 Å². The van der Waals surface area contributed by atoms with Gasteiger partial charge in [-0.1, -0.05) is 17.7 Å². The van der Waals surface area contributed by atoms with Gasteiger partial charge in [-0.05, 0) is 55.8 Å². The molecule has 1 amide bonds. The van der Waals surface area contributed by atoms with Crippen molar-refractivity contribution in [2.75, 3.05) is 31.7 Å². The van der Waals surface area contributed by atoms with Crippen LogP contribution in [0.3, 0.4) is 0 Å². The fraction of sp³-hybridized carbons (Fsp3) is 0.300. The normalized spacial score (nSPS) is 10.3. The van der Waals surface area contributed by atoms with Crippen molar-refractivity contribution in [2.24, 2.45) is 0 Å². The number of ether oxygens (including phenoxy) is 3. The van der Waals surface area contributed by atoms with E-state index in [0.29, 0.717) is 35.2 Å². The van der Waals surface area contributed by atoms with E-state index < -0.39 is 5.97 Å². The molecule has 0 atom stereocenters. The Morgan fingerprint density at radius 1 is 1.11 bits per heavy atom. The molecule has 0 fully saturated rings. The molecule has 0 saturated heterocycles. The van der Waals surface area contributed by atoms with Crippen LogP contribution in [0.1, 0.15) is 22.8 Å². The largest absolute Gasteiger partial charge is 0.484 e. The van der Waals surface area contributed by atoms with Gasteiger partial charge in [0.2, 0.25) is 0 Å². The van der Waals surface area contributed by atoms with E-state index in [1.807, 2.05) is 13.8 Å². The van der Waals surface area contributed by atoms with Crippen LogP contribution < -0.4 is 10.1 Å². The molecule has 0 aliphatic carbocycles. The lowest BCUT2D eigenvalue weighted by Gasteiger charge is -2.10. The highest BCUT2D eigenvalue weighted by atomic mass is 35.5. The highest BCUT2D eigenvalue weighted by molar-refractivity contribution is 6.31. The van der Waals surface area contributed by atoms with Crippen molar-refractivity contribution < 1.29 is 23.8 Å². The van der Waals surface area contributed by atoms with Crippen LogP contribution in [0, 0.1) is 6.92 Å². The number of carbonyl (C=O) groups is 2. The highest BCUT2D eigenvalue weighted by Gasteiger charge is 2.10. The number of anilines is 1. The maximum absolute atomic E-state index is 12.1. The first-order valence-electron chi connectivity index (χ1n) is 8.53. The molecule has 0 aliphatic heterocycles. The number of esters is 1. The molecule has 27 heavy (non-hydrogen) atoms. The Kier molecular flexibility index (Phi) is 8.10. The van der Waals surface area contributed by atoms with Gasteiger partial charge in [0.05, 0.1) is 12.2 Å². The van der Waals surface area contributed by atoms with Gasteiger partial charge in [0.1, 0.15) is 12.4 Å². The van der Waals surface area contributed by atoms with Crippen molar-refractivity contribution in [3.8, 4) is 5.75 Å². The van der Waals surface area contributed by atoms with E-state index in [1.54, 1.807) is 42.5 Å². The van der Waals surface area contributed by atoms with Crippen LogP contribution in [0.5, 0.6) is 5.75 Å². The van der Waals surface area contributed by atoms with E-state index in [2.05, 4.69) is 5.32 Å². The van der Waals surface area contributed by atoms with Gasteiger partial charge < -0.3 is 19.5 Å². The summed E-state index contributed by atoms with van der Waals surface area (Å²) < 4.78 is 15.7. The van der Waals surface area contributed by atoms with Gasteiger partial charge in [-0.3, -0.25) is 4.79 Å². The van der Waals surface area contributed by atoms with Gasteiger partial charge in [-0.2, -0.15) is 0 Å². The van der Waals surface area contributed by atoms with Crippen LogP contribution in [0.2, 0.25) is 5.02 Å². The maximum atomic E-state index is 12.1. The molecule has 0 bridgehead atoms. The maximum Gasteiger partial charge on any atom is 0.338 e. The number of rotatable bonds is 9. The van der Waals surface area contributed by atoms with Crippen molar-refractivity contribution in [3.05, 3.63) is 58.6 Å². The molecule has 0 unspecified atom stereocenters. The topological polar surface area (TPSA) is 73.9 Å². The van der Waals surface area contributed by atoms with E-state index in [1.165, 1.54) is 0 Å². The number of halogens is 1. The quantitative estimate of drug-likeness (QED) is 0.519. The summed E-state index contributed by atoms with van der Waals surface area (Å²) in [6, 6.07) is 11.7. The van der Waals surface area contributed by atoms with Crippen LogP contribution in [-0.2, 0) is 14.3 Å². The molecule has 0 spiro atoms. The van der Waals surface area contributed by atoms with Gasteiger partial charge in [-0.25, -0.2) is 4.79 Å². The number of carbonyl (C=O) groups excluding carboxylic acids is 2. The van der Waals surface area contributed by atoms with E-state index in [9.17, 15) is 9.59 Å². The van der Waals surface area contributed by atoms with Gasteiger partial charge in [0.25, 0.3) is 5.91 Å². The molecule has 7 heteroatoms. The van der Waals surface area contributed by atoms with Crippen molar-refractivity contribution in [1.82, 2.24) is 0 Å². The minimum atomic E-state index is -0.473. The Morgan fingerprint density at radius 2 is 1.93 bits per heavy atom. The zero-order chi connectivity index (χ0) is 19.6. The van der Waals surface area contributed by atoms with E-state index in [4.69, 9.17) is 25.8 Å². The Hall–Kier alpha value is -2.57. The minimum Gasteiger partial charge on any atom is -0.484 e. The summed E-state index contributed by atoms with van der Waals surface area (Å²) in [7, 11) is 0. The number of aryl methyl sites for hydroxylation is 1. The first kappa shape index (κ1) is 20.7. The predicted octanol–water partition coefficient (Wildman–Crippen LogP) is 3.86. The van der Waals surface area contributed by atoms with Gasteiger partial charge in [0, 0.05) is 17.3 Å². The van der Waals surface area contributed by atoms with Crippen LogP contribution in [0.15, 0.2) is 42.5 Å². The monoisotopic (exact) mass is 391 g/mol. The predicted molar refractivity (Wildman–Crippen MR) is 104 cm³/mol. The van der Waals surface area contributed by atoms with Crippen molar-refractivity contribution in [3.63, 3.8) is 0 Å². The van der Waals surface area contributed by atoms with E-state index >= 15 is 0 Å². The number of hydrogen-bond donors (Lipinski definition) is 1. The number of amides is 1. The third-order valence-electron chi connectivity index (χ3n) is 3.55. The standard InChI is InChI=1S/C20H22ClNO5/c1-3-25-9-10-26-20(24)15-5-4-6-16(12-15)22-19(23)13-27-17-7-8-18(21)14(2)11-17/h4-8,11-12H,3,9-10,13H2,1-2H3,(H,22,23). The second-order valence-electron chi connectivity index (χ2n) is 5.66. The molecule has 0 aliphatic rings. The molecule has 2 aromatic rings. The van der Waals surface area contributed by atoms with Crippen molar-refractivity contribution in [2.45, 2.75) is 13.8 Å². The molecule has 0 radical (unpaired) electrons. The van der Waals surface area contributed by atoms with Crippen molar-refractivity contribution in [1.29, 1.82) is 0 Å². The summed E-state index contributed by atoms with van der Waals surface area (Å²) in [5, 5.41) is 3.32. The lowest BCUT2D eigenvalue weighted by atomic mass is 10.2. The summed E-state index contributed by atoms with van der Waals surface area (Å²) in [5.74, 6) is -0.262. The van der Waals surface area contributed by atoms with Crippen LogP contribution in [-0.4, -0.2) is 38.3 Å². The molecule has 1 N–H and O–H groups in total. The Morgan fingerprint density at radius 3 is 2.67 bits per heavy atom. The number of nitrogens with one attached hydrogen (secondary N) is 1. The molecular formula is C20H22ClNO5. The molecular weight excluding hydrogens is 370 g/mol. The third kappa shape index (κ3) is 6.92. The van der Waals surface area contributed by atoms with Gasteiger partial charge in [-0.15, -0.1) is 0 Å². The molecule has 2 rings (SSSR count). The van der Waals surface area contributed by atoms with Crippen molar-refractivity contribution >= 4 is 29.2 Å². The van der Waals surface area contributed by atoms with Gasteiger partial charge in [0.15, 0.2) is 6.61 Å². The van der Waals surface area contributed by atoms with Crippen LogP contribution in [0.25, 0.3) is 0 Å². The zero-order valence-electron chi connectivity index (χ0n) is 15.3. The lowest BCUT2D eigenvalue weighted by molar-refractivity contribution is -0.118.